The van der Waals surface area contributed by atoms with Gasteiger partial charge in [-0.25, -0.2) is 9.18 Å². The van der Waals surface area contributed by atoms with Crippen LogP contribution >= 0.6 is 11.3 Å². The SMILES string of the molecule is COC(=O)c1c(NC(=O)c2cc(C)nc3ccc(F)cc23)sc(C)c1C. The van der Waals surface area contributed by atoms with Crippen molar-refractivity contribution >= 4 is 39.1 Å². The molecule has 0 aliphatic carbocycles. The molecule has 0 bridgehead atoms. The number of thiophene rings is 1. The van der Waals surface area contributed by atoms with Gasteiger partial charge in [0, 0.05) is 16.0 Å². The third kappa shape index (κ3) is 3.17. The summed E-state index contributed by atoms with van der Waals surface area (Å²) in [5, 5.41) is 3.60. The molecule has 2 aromatic heterocycles. The van der Waals surface area contributed by atoms with E-state index in [9.17, 15) is 14.0 Å². The number of hydrogen-bond donors (Lipinski definition) is 1. The van der Waals surface area contributed by atoms with Crippen molar-refractivity contribution in [2.45, 2.75) is 20.8 Å². The fourth-order valence-corrected chi connectivity index (χ4v) is 3.80. The van der Waals surface area contributed by atoms with Crippen LogP contribution in [0.3, 0.4) is 0 Å². The van der Waals surface area contributed by atoms with E-state index < -0.39 is 17.7 Å². The zero-order chi connectivity index (χ0) is 19.0. The number of carbonyl (C=O) groups is 2. The van der Waals surface area contributed by atoms with Gasteiger partial charge in [-0.3, -0.25) is 9.78 Å². The number of rotatable bonds is 3. The molecule has 0 saturated carbocycles. The summed E-state index contributed by atoms with van der Waals surface area (Å²) >= 11 is 1.30. The largest absolute Gasteiger partial charge is 0.465 e. The average Bonchev–Trinajstić information content (AvgIpc) is 2.87. The quantitative estimate of drug-likeness (QED) is 0.692. The molecule has 0 unspecified atom stereocenters. The summed E-state index contributed by atoms with van der Waals surface area (Å²) in [7, 11) is 1.29. The predicted molar refractivity (Wildman–Crippen MR) is 99.5 cm³/mol. The molecule has 1 amide bonds. The molecule has 0 atom stereocenters. The van der Waals surface area contributed by atoms with Crippen molar-refractivity contribution in [3.05, 3.63) is 57.3 Å². The fourth-order valence-electron chi connectivity index (χ4n) is 2.75. The molecule has 3 rings (SSSR count). The lowest BCUT2D eigenvalue weighted by Crippen LogP contribution is -2.15. The molecular weight excluding hydrogens is 355 g/mol. The standard InChI is InChI=1S/C19H17FN2O3S/c1-9-7-14(13-8-12(20)5-6-15(13)21-9)17(23)22-18-16(19(24)25-4)10(2)11(3)26-18/h5-8H,1-4H3,(H,22,23). The number of pyridine rings is 1. The molecule has 0 radical (unpaired) electrons. The number of carbonyl (C=O) groups excluding carboxylic acids is 2. The van der Waals surface area contributed by atoms with Crippen LogP contribution in [0.4, 0.5) is 9.39 Å². The van der Waals surface area contributed by atoms with Gasteiger partial charge in [0.05, 0.1) is 23.8 Å². The van der Waals surface area contributed by atoms with Crippen LogP contribution in [0.1, 0.15) is 36.9 Å². The smallest absolute Gasteiger partial charge is 0.341 e. The Kier molecular flexibility index (Phi) is 4.73. The number of methoxy groups -OCH3 is 1. The number of hydrogen-bond acceptors (Lipinski definition) is 5. The van der Waals surface area contributed by atoms with E-state index in [1.807, 2.05) is 6.92 Å². The van der Waals surface area contributed by atoms with Gasteiger partial charge < -0.3 is 10.1 Å². The van der Waals surface area contributed by atoms with Gasteiger partial charge in [-0.1, -0.05) is 0 Å². The maximum absolute atomic E-state index is 13.7. The summed E-state index contributed by atoms with van der Waals surface area (Å²) < 4.78 is 18.5. The summed E-state index contributed by atoms with van der Waals surface area (Å²) in [5.41, 5.74) is 2.57. The molecule has 0 fully saturated rings. The van der Waals surface area contributed by atoms with Crippen molar-refractivity contribution in [2.24, 2.45) is 0 Å². The minimum atomic E-state index is -0.510. The summed E-state index contributed by atoms with van der Waals surface area (Å²) in [6.45, 7) is 5.43. The molecule has 7 heteroatoms. The average molecular weight is 372 g/mol. The van der Waals surface area contributed by atoms with Crippen molar-refractivity contribution in [1.82, 2.24) is 4.98 Å². The molecule has 0 saturated heterocycles. The maximum atomic E-state index is 13.7. The first-order chi connectivity index (χ1) is 12.3. The number of amides is 1. The van der Waals surface area contributed by atoms with Crippen LogP contribution in [-0.2, 0) is 4.74 Å². The first kappa shape index (κ1) is 18.0. The lowest BCUT2D eigenvalue weighted by atomic mass is 10.1. The third-order valence-corrected chi connectivity index (χ3v) is 5.27. The summed E-state index contributed by atoms with van der Waals surface area (Å²) in [6, 6.07) is 5.72. The molecule has 1 N–H and O–H groups in total. The lowest BCUT2D eigenvalue weighted by molar-refractivity contribution is 0.0601. The topological polar surface area (TPSA) is 68.3 Å². The molecule has 2 heterocycles. The van der Waals surface area contributed by atoms with Gasteiger partial charge in [0.1, 0.15) is 10.8 Å². The van der Waals surface area contributed by atoms with Crippen molar-refractivity contribution in [3.8, 4) is 0 Å². The molecule has 0 aliphatic heterocycles. The number of aryl methyl sites for hydroxylation is 2. The Morgan fingerprint density at radius 3 is 2.62 bits per heavy atom. The molecule has 3 aromatic rings. The molecule has 1 aromatic carbocycles. The van der Waals surface area contributed by atoms with Crippen molar-refractivity contribution in [3.63, 3.8) is 0 Å². The van der Waals surface area contributed by atoms with E-state index >= 15 is 0 Å². The zero-order valence-electron chi connectivity index (χ0n) is 14.8. The minimum Gasteiger partial charge on any atom is -0.465 e. The highest BCUT2D eigenvalue weighted by Crippen LogP contribution is 2.33. The normalized spacial score (nSPS) is 10.8. The highest BCUT2D eigenvalue weighted by atomic mass is 32.1. The Bertz CT molecular complexity index is 1040. The van der Waals surface area contributed by atoms with Gasteiger partial charge in [-0.05, 0) is 50.6 Å². The molecular formula is C19H17FN2O3S. The second-order valence-electron chi connectivity index (χ2n) is 5.91. The Hall–Kier alpha value is -2.80. The number of nitrogens with zero attached hydrogens (tertiary/aromatic N) is 1. The Labute approximate surface area is 153 Å². The van der Waals surface area contributed by atoms with E-state index in [0.717, 1.165) is 10.4 Å². The van der Waals surface area contributed by atoms with Crippen molar-refractivity contribution in [2.75, 3.05) is 12.4 Å². The molecule has 0 aliphatic rings. The van der Waals surface area contributed by atoms with Gasteiger partial charge in [0.2, 0.25) is 0 Å². The van der Waals surface area contributed by atoms with Crippen LogP contribution in [-0.4, -0.2) is 24.0 Å². The fraction of sp³-hybridized carbons (Fsp3) is 0.211. The monoisotopic (exact) mass is 372 g/mol. The van der Waals surface area contributed by atoms with Gasteiger partial charge in [-0.15, -0.1) is 11.3 Å². The highest BCUT2D eigenvalue weighted by Gasteiger charge is 2.23. The van der Waals surface area contributed by atoms with E-state index in [1.54, 1.807) is 19.9 Å². The van der Waals surface area contributed by atoms with Crippen LogP contribution in [0.2, 0.25) is 0 Å². The maximum Gasteiger partial charge on any atom is 0.341 e. The minimum absolute atomic E-state index is 0.298. The van der Waals surface area contributed by atoms with Crippen molar-refractivity contribution in [1.29, 1.82) is 0 Å². The van der Waals surface area contributed by atoms with Crippen LogP contribution < -0.4 is 5.32 Å². The van der Waals surface area contributed by atoms with Crippen LogP contribution in [0.15, 0.2) is 24.3 Å². The van der Waals surface area contributed by atoms with Crippen LogP contribution in [0.5, 0.6) is 0 Å². The van der Waals surface area contributed by atoms with E-state index in [1.165, 1.54) is 36.6 Å². The first-order valence-corrected chi connectivity index (χ1v) is 8.70. The molecule has 134 valence electrons. The lowest BCUT2D eigenvalue weighted by Gasteiger charge is -2.09. The van der Waals surface area contributed by atoms with Gasteiger partial charge >= 0.3 is 5.97 Å². The molecule has 26 heavy (non-hydrogen) atoms. The van der Waals surface area contributed by atoms with E-state index in [2.05, 4.69) is 10.3 Å². The number of benzene rings is 1. The van der Waals surface area contributed by atoms with E-state index in [4.69, 9.17) is 4.74 Å². The zero-order valence-corrected chi connectivity index (χ0v) is 15.6. The van der Waals surface area contributed by atoms with E-state index in [0.29, 0.717) is 32.7 Å². The van der Waals surface area contributed by atoms with Crippen LogP contribution in [0.25, 0.3) is 10.9 Å². The first-order valence-electron chi connectivity index (χ1n) is 7.88. The summed E-state index contributed by atoms with van der Waals surface area (Å²) in [4.78, 5) is 30.2. The summed E-state index contributed by atoms with van der Waals surface area (Å²) in [5.74, 6) is -1.39. The number of esters is 1. The van der Waals surface area contributed by atoms with Crippen LogP contribution in [0, 0.1) is 26.6 Å². The second kappa shape index (κ2) is 6.84. The third-order valence-electron chi connectivity index (χ3n) is 4.15. The number of aromatic nitrogens is 1. The van der Waals surface area contributed by atoms with Gasteiger partial charge in [0.25, 0.3) is 5.91 Å². The summed E-state index contributed by atoms with van der Waals surface area (Å²) in [6.07, 6.45) is 0. The van der Waals surface area contributed by atoms with E-state index in [-0.39, 0.29) is 0 Å². The number of anilines is 1. The van der Waals surface area contributed by atoms with Gasteiger partial charge in [0.15, 0.2) is 0 Å². The Balaban J connectivity index is 2.07. The second-order valence-corrected chi connectivity index (χ2v) is 7.13. The Morgan fingerprint density at radius 2 is 1.92 bits per heavy atom. The van der Waals surface area contributed by atoms with Crippen molar-refractivity contribution < 1.29 is 18.7 Å². The number of fused-ring (bicyclic) bond motifs is 1. The molecule has 5 nitrogen and oxygen atoms in total. The number of nitrogens with one attached hydrogen (secondary N) is 1. The predicted octanol–water partition coefficient (Wildman–Crippen LogP) is 4.40. The number of halogens is 1. The molecule has 0 spiro atoms. The Morgan fingerprint density at radius 1 is 1.19 bits per heavy atom. The van der Waals surface area contributed by atoms with Gasteiger partial charge in [-0.2, -0.15) is 0 Å². The highest BCUT2D eigenvalue weighted by molar-refractivity contribution is 7.16. The number of ether oxygens (including phenoxy) is 1.